The van der Waals surface area contributed by atoms with E-state index in [0.29, 0.717) is 12.5 Å². The van der Waals surface area contributed by atoms with E-state index in [1.807, 2.05) is 30.3 Å². The van der Waals surface area contributed by atoms with Gasteiger partial charge in [0.1, 0.15) is 11.5 Å². The van der Waals surface area contributed by atoms with Gasteiger partial charge in [0.2, 0.25) is 0 Å². The topological polar surface area (TPSA) is 38.8 Å². The molecule has 2 fully saturated rings. The molecule has 2 aliphatic rings. The zero-order chi connectivity index (χ0) is 24.7. The molecular weight excluding hydrogens is 466 g/mol. The van der Waals surface area contributed by atoms with Crippen LogP contribution in [0.2, 0.25) is 0 Å². The van der Waals surface area contributed by atoms with Gasteiger partial charge in [-0.3, -0.25) is 4.79 Å². The largest absolute Gasteiger partial charge is 0.497 e. The van der Waals surface area contributed by atoms with Crippen molar-refractivity contribution < 1.29 is 14.3 Å². The quantitative estimate of drug-likeness (QED) is 0.169. The summed E-state index contributed by atoms with van der Waals surface area (Å²) in [6.07, 6.45) is 12.5. The Morgan fingerprint density at radius 1 is 0.917 bits per heavy atom. The number of benzene rings is 2. The predicted molar refractivity (Wildman–Crippen MR) is 149 cm³/mol. The van der Waals surface area contributed by atoms with Crippen LogP contribution in [0.1, 0.15) is 90.9 Å². The number of hydrogen-bond donors (Lipinski definition) is 0. The van der Waals surface area contributed by atoms with Crippen molar-refractivity contribution in [1.29, 1.82) is 0 Å². The van der Waals surface area contributed by atoms with E-state index in [1.54, 1.807) is 18.4 Å². The van der Waals surface area contributed by atoms with E-state index in [4.69, 9.17) is 9.47 Å². The van der Waals surface area contributed by atoms with Crippen LogP contribution in [-0.2, 0) is 0 Å². The standard InChI is InChI=1S/C31H39NO3S/c1-34-26-16-17-27-28(22-26)36-31(24-10-5-2-3-6-11-24)29(27)30(33)23-12-14-25(15-13-23)35-21-9-20-32-18-7-4-8-19-32/h12-17,22,24H,2-11,18-21H2,1H3. The molecule has 3 aromatic rings. The first-order valence-electron chi connectivity index (χ1n) is 13.8. The van der Waals surface area contributed by atoms with E-state index in [-0.39, 0.29) is 5.78 Å². The minimum absolute atomic E-state index is 0.127. The molecule has 2 aromatic carbocycles. The Morgan fingerprint density at radius 2 is 1.61 bits per heavy atom. The monoisotopic (exact) mass is 505 g/mol. The van der Waals surface area contributed by atoms with Crippen molar-refractivity contribution in [2.45, 2.75) is 70.1 Å². The summed E-state index contributed by atoms with van der Waals surface area (Å²) in [5.74, 6) is 2.28. The molecule has 1 saturated carbocycles. The van der Waals surface area contributed by atoms with Crippen LogP contribution in [0.15, 0.2) is 42.5 Å². The lowest BCUT2D eigenvalue weighted by Gasteiger charge is -2.26. The number of ketones is 1. The summed E-state index contributed by atoms with van der Waals surface area (Å²) in [7, 11) is 1.70. The molecule has 2 heterocycles. The van der Waals surface area contributed by atoms with Gasteiger partial charge in [-0.15, -0.1) is 11.3 Å². The fourth-order valence-corrected chi connectivity index (χ4v) is 7.19. The van der Waals surface area contributed by atoms with E-state index < -0.39 is 0 Å². The maximum absolute atomic E-state index is 13.9. The van der Waals surface area contributed by atoms with Crippen molar-refractivity contribution in [2.24, 2.45) is 0 Å². The van der Waals surface area contributed by atoms with Gasteiger partial charge in [0.05, 0.1) is 13.7 Å². The van der Waals surface area contributed by atoms with E-state index in [0.717, 1.165) is 45.7 Å². The van der Waals surface area contributed by atoms with E-state index in [2.05, 4.69) is 17.0 Å². The summed E-state index contributed by atoms with van der Waals surface area (Å²) < 4.78 is 12.6. The molecular formula is C31H39NO3S. The third-order valence-corrected chi connectivity index (χ3v) is 9.15. The Labute approximate surface area is 219 Å². The number of likely N-dealkylation sites (tertiary alicyclic amines) is 1. The van der Waals surface area contributed by atoms with Gasteiger partial charge in [-0.05, 0) is 93.6 Å². The second-order valence-corrected chi connectivity index (χ2v) is 11.4. The zero-order valence-corrected chi connectivity index (χ0v) is 22.4. The summed E-state index contributed by atoms with van der Waals surface area (Å²) in [5.41, 5.74) is 1.64. The lowest BCUT2D eigenvalue weighted by atomic mass is 9.91. The Hall–Kier alpha value is -2.37. The predicted octanol–water partition coefficient (Wildman–Crippen LogP) is 7.83. The molecule has 0 amide bonds. The van der Waals surface area contributed by atoms with Crippen LogP contribution < -0.4 is 9.47 Å². The van der Waals surface area contributed by atoms with E-state index in [1.165, 1.54) is 75.8 Å². The smallest absolute Gasteiger partial charge is 0.194 e. The number of methoxy groups -OCH3 is 1. The van der Waals surface area contributed by atoms with Crippen molar-refractivity contribution in [1.82, 2.24) is 4.90 Å². The van der Waals surface area contributed by atoms with Crippen molar-refractivity contribution >= 4 is 27.2 Å². The number of carbonyl (C=O) groups excluding carboxylic acids is 1. The molecule has 1 aliphatic carbocycles. The minimum atomic E-state index is 0.127. The molecule has 1 saturated heterocycles. The highest BCUT2D eigenvalue weighted by Crippen LogP contribution is 2.43. The first-order chi connectivity index (χ1) is 17.7. The molecule has 0 unspecified atom stereocenters. The third kappa shape index (κ3) is 5.95. The maximum atomic E-state index is 13.9. The number of ether oxygens (including phenoxy) is 2. The zero-order valence-electron chi connectivity index (χ0n) is 21.6. The number of fused-ring (bicyclic) bond motifs is 1. The van der Waals surface area contributed by atoms with Gasteiger partial charge in [-0.25, -0.2) is 0 Å². The van der Waals surface area contributed by atoms with Crippen LogP contribution in [0.25, 0.3) is 10.1 Å². The van der Waals surface area contributed by atoms with Crippen LogP contribution in [0.3, 0.4) is 0 Å². The fourth-order valence-electron chi connectivity index (χ4n) is 5.79. The number of piperidine rings is 1. The van der Waals surface area contributed by atoms with Crippen molar-refractivity contribution in [2.75, 3.05) is 33.4 Å². The minimum Gasteiger partial charge on any atom is -0.497 e. The summed E-state index contributed by atoms with van der Waals surface area (Å²) in [6.45, 7) is 4.27. The molecule has 0 radical (unpaired) electrons. The molecule has 0 N–H and O–H groups in total. The van der Waals surface area contributed by atoms with Gasteiger partial charge in [-0.1, -0.05) is 32.1 Å². The second kappa shape index (κ2) is 12.2. The highest BCUT2D eigenvalue weighted by molar-refractivity contribution is 7.19. The lowest BCUT2D eigenvalue weighted by molar-refractivity contribution is 0.103. The second-order valence-electron chi connectivity index (χ2n) is 10.3. The average molecular weight is 506 g/mol. The normalized spacial score (nSPS) is 17.7. The van der Waals surface area contributed by atoms with Crippen molar-refractivity contribution in [3.63, 3.8) is 0 Å². The van der Waals surface area contributed by atoms with Crippen LogP contribution >= 0.6 is 11.3 Å². The van der Waals surface area contributed by atoms with Gasteiger partial charge in [0, 0.05) is 32.6 Å². The molecule has 192 valence electrons. The summed E-state index contributed by atoms with van der Waals surface area (Å²) in [4.78, 5) is 17.7. The first kappa shape index (κ1) is 25.3. The number of thiophene rings is 1. The molecule has 36 heavy (non-hydrogen) atoms. The SMILES string of the molecule is COc1ccc2c(C(=O)c3ccc(OCCCN4CCCCC4)cc3)c(C3CCCCCC3)sc2c1. The van der Waals surface area contributed by atoms with Crippen LogP contribution in [0.5, 0.6) is 11.5 Å². The highest BCUT2D eigenvalue weighted by atomic mass is 32.1. The summed E-state index contributed by atoms with van der Waals surface area (Å²) in [6, 6.07) is 13.9. The Bertz CT molecular complexity index is 1140. The molecule has 4 nitrogen and oxygen atoms in total. The van der Waals surface area contributed by atoms with Gasteiger partial charge in [0.25, 0.3) is 0 Å². The highest BCUT2D eigenvalue weighted by Gasteiger charge is 2.26. The van der Waals surface area contributed by atoms with Gasteiger partial charge < -0.3 is 14.4 Å². The summed E-state index contributed by atoms with van der Waals surface area (Å²) in [5, 5.41) is 1.06. The summed E-state index contributed by atoms with van der Waals surface area (Å²) >= 11 is 1.79. The van der Waals surface area contributed by atoms with E-state index in [9.17, 15) is 4.79 Å². The van der Waals surface area contributed by atoms with Crippen LogP contribution in [-0.4, -0.2) is 44.0 Å². The lowest BCUT2D eigenvalue weighted by Crippen LogP contribution is -2.31. The maximum Gasteiger partial charge on any atom is 0.194 e. The molecule has 5 rings (SSSR count). The number of rotatable bonds is 9. The van der Waals surface area contributed by atoms with E-state index >= 15 is 0 Å². The third-order valence-electron chi connectivity index (χ3n) is 7.83. The Morgan fingerprint density at radius 3 is 2.33 bits per heavy atom. The molecule has 0 atom stereocenters. The van der Waals surface area contributed by atoms with Crippen molar-refractivity contribution in [3.05, 3.63) is 58.5 Å². The van der Waals surface area contributed by atoms with Gasteiger partial charge >= 0.3 is 0 Å². The Balaban J connectivity index is 1.31. The number of hydrogen-bond acceptors (Lipinski definition) is 5. The van der Waals surface area contributed by atoms with Crippen LogP contribution in [0, 0.1) is 0 Å². The van der Waals surface area contributed by atoms with Gasteiger partial charge in [-0.2, -0.15) is 0 Å². The average Bonchev–Trinajstić information content (AvgIpc) is 3.09. The molecule has 5 heteroatoms. The fraction of sp³-hybridized carbons (Fsp3) is 0.516. The molecule has 1 aromatic heterocycles. The first-order valence-corrected chi connectivity index (χ1v) is 14.6. The van der Waals surface area contributed by atoms with Gasteiger partial charge in [0.15, 0.2) is 5.78 Å². The number of carbonyl (C=O) groups is 1. The molecule has 0 spiro atoms. The number of nitrogens with zero attached hydrogens (tertiary/aromatic N) is 1. The van der Waals surface area contributed by atoms with Crippen molar-refractivity contribution in [3.8, 4) is 11.5 Å². The Kier molecular flexibility index (Phi) is 8.60. The van der Waals surface area contributed by atoms with Crippen LogP contribution in [0.4, 0.5) is 0 Å². The molecule has 1 aliphatic heterocycles. The molecule has 0 bridgehead atoms.